The van der Waals surface area contributed by atoms with Crippen molar-refractivity contribution in [2.75, 3.05) is 32.7 Å². The highest BCUT2D eigenvalue weighted by molar-refractivity contribution is 7.91. The number of halogens is 1. The quantitative estimate of drug-likeness (QED) is 0.407. The van der Waals surface area contributed by atoms with E-state index < -0.39 is 10.0 Å². The molecule has 1 fully saturated rings. The molecule has 0 spiro atoms. The molecule has 1 N–H and O–H groups in total. The number of carbonyl (C=O) groups is 1. The molecule has 0 bridgehead atoms. The molecule has 0 saturated carbocycles. The minimum Gasteiger partial charge on any atom is -0.347 e. The first-order chi connectivity index (χ1) is 15.9. The molecule has 6 nitrogen and oxygen atoms in total. The van der Waals surface area contributed by atoms with Crippen LogP contribution in [-0.2, 0) is 16.6 Å². The van der Waals surface area contributed by atoms with Crippen LogP contribution in [0.4, 0.5) is 0 Å². The molecule has 1 aliphatic heterocycles. The number of hydrogen-bond acceptors (Lipinski definition) is 5. The zero-order chi connectivity index (χ0) is 23.7. The van der Waals surface area contributed by atoms with Gasteiger partial charge in [0.2, 0.25) is 0 Å². The number of sulfonamides is 1. The van der Waals surface area contributed by atoms with Crippen LogP contribution in [0, 0.1) is 0 Å². The summed E-state index contributed by atoms with van der Waals surface area (Å²) in [4.78, 5) is 15.4. The molecule has 0 unspecified atom stereocenters. The molecule has 0 radical (unpaired) electrons. The van der Waals surface area contributed by atoms with Crippen molar-refractivity contribution in [3.63, 3.8) is 0 Å². The monoisotopic (exact) mass is 511 g/mol. The summed E-state index contributed by atoms with van der Waals surface area (Å²) >= 11 is 7.07. The Kier molecular flexibility index (Phi) is 10.2. The summed E-state index contributed by atoms with van der Waals surface area (Å²) in [5.74, 6) is -0.217. The van der Waals surface area contributed by atoms with E-state index in [0.717, 1.165) is 24.5 Å². The second-order valence-electron chi connectivity index (χ2n) is 8.42. The third-order valence-electron chi connectivity index (χ3n) is 5.92. The van der Waals surface area contributed by atoms with E-state index in [9.17, 15) is 13.2 Å². The lowest BCUT2D eigenvalue weighted by Gasteiger charge is -2.33. The third kappa shape index (κ3) is 7.79. The van der Waals surface area contributed by atoms with E-state index in [-0.39, 0.29) is 12.5 Å². The number of hydrogen-bond donors (Lipinski definition) is 1. The molecular formula is C24H34ClN3O3S2. The SMILES string of the molecule is CCCCCCCCN1CCN(S(=O)(=O)c2ccc(CNC(=O)c3ccc(Cl)cc3)s2)CC1. The van der Waals surface area contributed by atoms with Crippen molar-refractivity contribution in [1.29, 1.82) is 0 Å². The molecular weight excluding hydrogens is 478 g/mol. The van der Waals surface area contributed by atoms with E-state index in [4.69, 9.17) is 11.6 Å². The van der Waals surface area contributed by atoms with Crippen LogP contribution in [0.25, 0.3) is 0 Å². The first-order valence-electron chi connectivity index (χ1n) is 11.7. The van der Waals surface area contributed by atoms with Crippen molar-refractivity contribution in [2.24, 2.45) is 0 Å². The number of nitrogens with one attached hydrogen (secondary N) is 1. The van der Waals surface area contributed by atoms with Crippen LogP contribution in [0.3, 0.4) is 0 Å². The summed E-state index contributed by atoms with van der Waals surface area (Å²) in [5.41, 5.74) is 0.516. The molecule has 3 rings (SSSR count). The number of nitrogens with zero attached hydrogens (tertiary/aromatic N) is 2. The van der Waals surface area contributed by atoms with Gasteiger partial charge in [-0.3, -0.25) is 4.79 Å². The van der Waals surface area contributed by atoms with Crippen LogP contribution < -0.4 is 5.32 Å². The topological polar surface area (TPSA) is 69.7 Å². The Morgan fingerprint density at radius 3 is 2.33 bits per heavy atom. The lowest BCUT2D eigenvalue weighted by Crippen LogP contribution is -2.48. The van der Waals surface area contributed by atoms with Gasteiger partial charge in [-0.15, -0.1) is 11.3 Å². The lowest BCUT2D eigenvalue weighted by atomic mass is 10.1. The fourth-order valence-electron chi connectivity index (χ4n) is 3.90. The summed E-state index contributed by atoms with van der Waals surface area (Å²) < 4.78 is 28.1. The Morgan fingerprint density at radius 1 is 0.970 bits per heavy atom. The van der Waals surface area contributed by atoms with Crippen LogP contribution in [0.2, 0.25) is 5.02 Å². The molecule has 0 atom stereocenters. The predicted octanol–water partition coefficient (Wildman–Crippen LogP) is 5.00. The summed E-state index contributed by atoms with van der Waals surface area (Å²) in [7, 11) is -3.50. The fraction of sp³-hybridized carbons (Fsp3) is 0.542. The fourth-order valence-corrected chi connectivity index (χ4v) is 6.90. The van der Waals surface area contributed by atoms with E-state index in [1.807, 2.05) is 0 Å². The second-order valence-corrected chi connectivity index (χ2v) is 12.2. The van der Waals surface area contributed by atoms with E-state index in [1.165, 1.54) is 49.9 Å². The van der Waals surface area contributed by atoms with Gasteiger partial charge in [0, 0.05) is 41.6 Å². The van der Waals surface area contributed by atoms with Crippen molar-refractivity contribution in [3.05, 3.63) is 51.9 Å². The van der Waals surface area contributed by atoms with Crippen molar-refractivity contribution >= 4 is 38.9 Å². The van der Waals surface area contributed by atoms with Crippen molar-refractivity contribution in [2.45, 2.75) is 56.2 Å². The van der Waals surface area contributed by atoms with E-state index in [2.05, 4.69) is 17.1 Å². The summed E-state index contributed by atoms with van der Waals surface area (Å²) in [6.45, 7) is 6.18. The van der Waals surface area contributed by atoms with Gasteiger partial charge < -0.3 is 10.2 Å². The van der Waals surface area contributed by atoms with E-state index in [1.54, 1.807) is 40.7 Å². The number of piperazine rings is 1. The van der Waals surface area contributed by atoms with Gasteiger partial charge in [-0.2, -0.15) is 4.31 Å². The average molecular weight is 512 g/mol. The smallest absolute Gasteiger partial charge is 0.252 e. The standard InChI is InChI=1S/C24H34ClN3O3S2/c1-2-3-4-5-6-7-14-27-15-17-28(18-16-27)33(30,31)23-13-12-22(32-23)19-26-24(29)20-8-10-21(25)11-9-20/h8-13H,2-7,14-19H2,1H3,(H,26,29). The van der Waals surface area contributed by atoms with Crippen LogP contribution >= 0.6 is 22.9 Å². The lowest BCUT2D eigenvalue weighted by molar-refractivity contribution is 0.0951. The zero-order valence-electron chi connectivity index (χ0n) is 19.3. The highest BCUT2D eigenvalue weighted by Gasteiger charge is 2.29. The summed E-state index contributed by atoms with van der Waals surface area (Å²) in [6, 6.07) is 10.1. The van der Waals surface area contributed by atoms with Crippen LogP contribution in [0.15, 0.2) is 40.6 Å². The minimum atomic E-state index is -3.50. The van der Waals surface area contributed by atoms with Crippen molar-refractivity contribution in [3.8, 4) is 0 Å². The normalized spacial score (nSPS) is 15.6. The first kappa shape index (κ1) is 26.2. The second kappa shape index (κ2) is 12.9. The van der Waals surface area contributed by atoms with Crippen LogP contribution in [0.1, 0.15) is 60.7 Å². The van der Waals surface area contributed by atoms with Crippen molar-refractivity contribution in [1.82, 2.24) is 14.5 Å². The number of benzene rings is 1. The summed E-state index contributed by atoms with van der Waals surface area (Å²) in [5, 5.41) is 3.41. The highest BCUT2D eigenvalue weighted by atomic mass is 35.5. The molecule has 9 heteroatoms. The van der Waals surface area contributed by atoms with Gasteiger partial charge in [-0.05, 0) is 49.4 Å². The molecule has 1 aromatic heterocycles. The molecule has 2 aromatic rings. The van der Waals surface area contributed by atoms with Crippen LogP contribution in [0.5, 0.6) is 0 Å². The maximum Gasteiger partial charge on any atom is 0.252 e. The van der Waals surface area contributed by atoms with Gasteiger partial charge in [0.05, 0.1) is 6.54 Å². The molecule has 1 amide bonds. The molecule has 33 heavy (non-hydrogen) atoms. The van der Waals surface area contributed by atoms with Crippen LogP contribution in [-0.4, -0.2) is 56.3 Å². The Bertz CT molecular complexity index is 985. The Labute approximate surface area is 207 Å². The maximum atomic E-state index is 13.1. The van der Waals surface area contributed by atoms with E-state index >= 15 is 0 Å². The Hall–Kier alpha value is -1.45. The van der Waals surface area contributed by atoms with Gasteiger partial charge in [-0.25, -0.2) is 8.42 Å². The van der Waals surface area contributed by atoms with Gasteiger partial charge >= 0.3 is 0 Å². The molecule has 1 saturated heterocycles. The number of unbranched alkanes of at least 4 members (excludes halogenated alkanes) is 5. The molecule has 182 valence electrons. The average Bonchev–Trinajstić information content (AvgIpc) is 3.31. The predicted molar refractivity (Wildman–Crippen MR) is 136 cm³/mol. The molecule has 2 heterocycles. The van der Waals surface area contributed by atoms with E-state index in [0.29, 0.717) is 27.9 Å². The molecule has 1 aromatic carbocycles. The number of thiophene rings is 1. The maximum absolute atomic E-state index is 13.1. The number of amides is 1. The largest absolute Gasteiger partial charge is 0.347 e. The zero-order valence-corrected chi connectivity index (χ0v) is 21.7. The number of rotatable bonds is 12. The van der Waals surface area contributed by atoms with Gasteiger partial charge in [0.15, 0.2) is 0 Å². The molecule has 1 aliphatic rings. The van der Waals surface area contributed by atoms with Crippen molar-refractivity contribution < 1.29 is 13.2 Å². The Morgan fingerprint density at radius 2 is 1.64 bits per heavy atom. The highest BCUT2D eigenvalue weighted by Crippen LogP contribution is 2.26. The number of carbonyl (C=O) groups excluding carboxylic acids is 1. The van der Waals surface area contributed by atoms with Gasteiger partial charge in [0.25, 0.3) is 15.9 Å². The van der Waals surface area contributed by atoms with Gasteiger partial charge in [-0.1, -0.05) is 50.6 Å². The first-order valence-corrected chi connectivity index (χ1v) is 14.4. The van der Waals surface area contributed by atoms with Gasteiger partial charge in [0.1, 0.15) is 4.21 Å². The molecule has 0 aliphatic carbocycles. The minimum absolute atomic E-state index is 0.217. The third-order valence-corrected chi connectivity index (χ3v) is 9.62. The Balaban J connectivity index is 1.44. The summed E-state index contributed by atoms with van der Waals surface area (Å²) in [6.07, 6.45) is 7.63.